The zero-order valence-electron chi connectivity index (χ0n) is 8.27. The van der Waals surface area contributed by atoms with Crippen LogP contribution in [0.4, 0.5) is 0 Å². The van der Waals surface area contributed by atoms with Crippen LogP contribution >= 0.6 is 30.4 Å². The van der Waals surface area contributed by atoms with Gasteiger partial charge in [0.25, 0.3) is 0 Å². The van der Waals surface area contributed by atoms with Gasteiger partial charge in [-0.15, -0.1) is 0 Å². The van der Waals surface area contributed by atoms with Gasteiger partial charge in [-0.2, -0.15) is 0 Å². The van der Waals surface area contributed by atoms with Crippen LogP contribution in [0, 0.1) is 0 Å². The molecule has 2 rings (SSSR count). The fourth-order valence-electron chi connectivity index (χ4n) is 1.57. The smallest absolute Gasteiger partial charge is 0.0781 e. The molecule has 0 radical (unpaired) electrons. The minimum atomic E-state index is 0.388. The van der Waals surface area contributed by atoms with Gasteiger partial charge < -0.3 is 8.92 Å². The van der Waals surface area contributed by atoms with E-state index in [0.29, 0.717) is 12.2 Å². The molecule has 0 atom stereocenters. The van der Waals surface area contributed by atoms with E-state index in [1.165, 1.54) is 14.8 Å². The minimum Gasteiger partial charge on any atom is -0.373 e. The maximum Gasteiger partial charge on any atom is 0.0781 e. The highest BCUT2D eigenvalue weighted by Crippen LogP contribution is 2.31. The van der Waals surface area contributed by atoms with Gasteiger partial charge in [0.15, 0.2) is 0 Å². The summed E-state index contributed by atoms with van der Waals surface area (Å²) < 4.78 is 11.1. The number of ether oxygens (including phenoxy) is 1. The second-order valence-electron chi connectivity index (χ2n) is 3.67. The van der Waals surface area contributed by atoms with Crippen molar-refractivity contribution in [2.75, 3.05) is 0 Å². The summed E-state index contributed by atoms with van der Waals surface area (Å²) in [6.45, 7) is 0.718. The Morgan fingerprint density at radius 3 is 2.60 bits per heavy atom. The highest BCUT2D eigenvalue weighted by molar-refractivity contribution is 14.2. The Bertz CT molecular complexity index is 288. The molecule has 82 valence electrons. The van der Waals surface area contributed by atoms with Crippen molar-refractivity contribution in [3.8, 4) is 0 Å². The van der Waals surface area contributed by atoms with Crippen LogP contribution in [0.25, 0.3) is 0 Å². The van der Waals surface area contributed by atoms with E-state index in [0.717, 1.165) is 19.4 Å². The predicted octanol–water partition coefficient (Wildman–Crippen LogP) is 3.75. The fraction of sp³-hybridized carbons (Fsp3) is 0.455. The van der Waals surface area contributed by atoms with Crippen molar-refractivity contribution in [1.82, 2.24) is 0 Å². The topological polar surface area (TPSA) is 18.5 Å². The molecular formula is C11H13IO2S. The lowest BCUT2D eigenvalue weighted by Crippen LogP contribution is -2.35. The average Bonchev–Trinajstić information content (AvgIpc) is 2.23. The summed E-state index contributed by atoms with van der Waals surface area (Å²) in [5.74, 6) is 0. The molecule has 0 bridgehead atoms. The molecule has 0 spiro atoms. The SMILES string of the molecule is ISOC1CC(OCc2ccccc2)C1. The largest absolute Gasteiger partial charge is 0.373 e. The molecule has 1 aromatic carbocycles. The normalized spacial score (nSPS) is 24.9. The second-order valence-corrected chi connectivity index (χ2v) is 5.07. The zero-order valence-corrected chi connectivity index (χ0v) is 11.2. The van der Waals surface area contributed by atoms with Gasteiger partial charge in [-0.25, -0.2) is 0 Å². The highest BCUT2D eigenvalue weighted by Gasteiger charge is 2.30. The molecule has 15 heavy (non-hydrogen) atoms. The Labute approximate surface area is 107 Å². The van der Waals surface area contributed by atoms with Gasteiger partial charge in [0.2, 0.25) is 0 Å². The number of benzene rings is 1. The van der Waals surface area contributed by atoms with Gasteiger partial charge in [-0.05, 0) is 5.56 Å². The third-order valence-corrected chi connectivity index (χ3v) is 3.52. The van der Waals surface area contributed by atoms with Crippen LogP contribution < -0.4 is 0 Å². The monoisotopic (exact) mass is 336 g/mol. The van der Waals surface area contributed by atoms with E-state index in [2.05, 4.69) is 33.3 Å². The molecule has 0 amide bonds. The molecule has 1 saturated carbocycles. The summed E-state index contributed by atoms with van der Waals surface area (Å²) >= 11 is 2.15. The maximum absolute atomic E-state index is 5.75. The van der Waals surface area contributed by atoms with E-state index in [-0.39, 0.29) is 0 Å². The molecule has 1 fully saturated rings. The van der Waals surface area contributed by atoms with Gasteiger partial charge in [0.05, 0.1) is 28.0 Å². The predicted molar refractivity (Wildman–Crippen MR) is 70.7 cm³/mol. The Morgan fingerprint density at radius 2 is 1.93 bits per heavy atom. The van der Waals surface area contributed by atoms with Gasteiger partial charge in [-0.3, -0.25) is 0 Å². The summed E-state index contributed by atoms with van der Waals surface area (Å²) in [7, 11) is 1.42. The first-order valence-corrected chi connectivity index (χ1v) is 8.26. The van der Waals surface area contributed by atoms with Crippen molar-refractivity contribution in [3.63, 3.8) is 0 Å². The van der Waals surface area contributed by atoms with E-state index >= 15 is 0 Å². The van der Waals surface area contributed by atoms with Gasteiger partial charge >= 0.3 is 0 Å². The number of hydrogen-bond acceptors (Lipinski definition) is 3. The molecule has 0 aliphatic heterocycles. The van der Waals surface area contributed by atoms with E-state index in [1.54, 1.807) is 0 Å². The van der Waals surface area contributed by atoms with Crippen LogP contribution in [0.3, 0.4) is 0 Å². The van der Waals surface area contributed by atoms with Crippen LogP contribution in [0.5, 0.6) is 0 Å². The highest BCUT2D eigenvalue weighted by atomic mass is 127. The Balaban J connectivity index is 1.64. The summed E-state index contributed by atoms with van der Waals surface area (Å²) in [5.41, 5.74) is 1.24. The molecule has 2 nitrogen and oxygen atoms in total. The van der Waals surface area contributed by atoms with E-state index in [9.17, 15) is 0 Å². The lowest BCUT2D eigenvalue weighted by atomic mass is 9.92. The average molecular weight is 336 g/mol. The van der Waals surface area contributed by atoms with Crippen molar-refractivity contribution >= 4 is 30.4 Å². The quantitative estimate of drug-likeness (QED) is 0.603. The van der Waals surface area contributed by atoms with Crippen molar-refractivity contribution in [2.45, 2.75) is 31.7 Å². The van der Waals surface area contributed by atoms with Gasteiger partial charge in [-0.1, -0.05) is 30.3 Å². The van der Waals surface area contributed by atoms with Crippen molar-refractivity contribution < 1.29 is 8.92 Å². The first-order valence-electron chi connectivity index (χ1n) is 4.98. The van der Waals surface area contributed by atoms with Crippen LogP contribution in [0.1, 0.15) is 18.4 Å². The molecule has 1 aliphatic rings. The number of halogens is 1. The molecular weight excluding hydrogens is 323 g/mol. The van der Waals surface area contributed by atoms with E-state index in [4.69, 9.17) is 8.92 Å². The first kappa shape index (κ1) is 11.7. The van der Waals surface area contributed by atoms with Crippen LogP contribution in [0.2, 0.25) is 0 Å². The molecule has 1 aromatic rings. The molecule has 0 aromatic heterocycles. The molecule has 0 unspecified atom stereocenters. The molecule has 1 aliphatic carbocycles. The van der Waals surface area contributed by atoms with E-state index in [1.807, 2.05) is 18.2 Å². The third kappa shape index (κ3) is 3.62. The molecule has 0 saturated heterocycles. The lowest BCUT2D eigenvalue weighted by Gasteiger charge is -2.33. The van der Waals surface area contributed by atoms with E-state index < -0.39 is 0 Å². The molecule has 0 N–H and O–H groups in total. The first-order chi connectivity index (χ1) is 7.38. The molecule has 4 heteroatoms. The van der Waals surface area contributed by atoms with Gasteiger partial charge in [0, 0.05) is 34.0 Å². The second kappa shape index (κ2) is 6.08. The fourth-order valence-corrected chi connectivity index (χ4v) is 2.71. The van der Waals surface area contributed by atoms with Crippen LogP contribution in [-0.2, 0) is 15.5 Å². The summed E-state index contributed by atoms with van der Waals surface area (Å²) in [4.78, 5) is 0. The Morgan fingerprint density at radius 1 is 1.20 bits per heavy atom. The minimum absolute atomic E-state index is 0.388. The number of rotatable bonds is 5. The van der Waals surface area contributed by atoms with Gasteiger partial charge in [0.1, 0.15) is 0 Å². The van der Waals surface area contributed by atoms with Crippen LogP contribution in [-0.4, -0.2) is 12.2 Å². The van der Waals surface area contributed by atoms with Crippen molar-refractivity contribution in [1.29, 1.82) is 0 Å². The standard InChI is InChI=1S/C11H13IO2S/c12-15-14-11-6-10(7-11)13-8-9-4-2-1-3-5-9/h1-5,10-11H,6-8H2. The zero-order chi connectivity index (χ0) is 10.5. The summed E-state index contributed by atoms with van der Waals surface area (Å²) in [6, 6.07) is 10.3. The maximum atomic E-state index is 5.75. The Hall–Kier alpha value is 0.220. The third-order valence-electron chi connectivity index (χ3n) is 2.55. The Kier molecular flexibility index (Phi) is 4.74. The summed E-state index contributed by atoms with van der Waals surface area (Å²) in [6.07, 6.45) is 2.84. The van der Waals surface area contributed by atoms with Crippen LogP contribution in [0.15, 0.2) is 30.3 Å². The molecule has 0 heterocycles. The van der Waals surface area contributed by atoms with Crippen molar-refractivity contribution in [3.05, 3.63) is 35.9 Å². The summed E-state index contributed by atoms with van der Waals surface area (Å²) in [5, 5.41) is 0. The lowest BCUT2D eigenvalue weighted by molar-refractivity contribution is -0.0623. The number of hydrogen-bond donors (Lipinski definition) is 0. The van der Waals surface area contributed by atoms with Crippen molar-refractivity contribution in [2.24, 2.45) is 0 Å².